The first-order valence-electron chi connectivity index (χ1n) is 8.38. The average molecular weight is 352 g/mol. The van der Waals surface area contributed by atoms with Gasteiger partial charge in [0, 0.05) is 24.5 Å². The quantitative estimate of drug-likeness (QED) is 0.785. The van der Waals surface area contributed by atoms with Crippen molar-refractivity contribution in [1.82, 2.24) is 14.3 Å². The molecule has 0 spiro atoms. The van der Waals surface area contributed by atoms with Crippen molar-refractivity contribution < 1.29 is 14.0 Å². The van der Waals surface area contributed by atoms with Gasteiger partial charge in [0.15, 0.2) is 0 Å². The molecule has 1 aromatic carbocycles. The van der Waals surface area contributed by atoms with E-state index in [0.29, 0.717) is 29.9 Å². The smallest absolute Gasteiger partial charge is 0.256 e. The number of nitrogens with zero attached hydrogens (tertiary/aromatic N) is 3. The number of pyridine rings is 1. The number of fused-ring (bicyclic) bond motifs is 1. The number of carbonyl (C=O) groups is 2. The van der Waals surface area contributed by atoms with Gasteiger partial charge in [0.05, 0.1) is 11.3 Å². The third-order valence-corrected chi connectivity index (χ3v) is 4.68. The molecular formula is C19H17FN4O2. The number of likely N-dealkylation sites (tertiary alicyclic amines) is 1. The fourth-order valence-electron chi connectivity index (χ4n) is 3.35. The average Bonchev–Trinajstić information content (AvgIpc) is 3.28. The molecule has 0 radical (unpaired) electrons. The van der Waals surface area contributed by atoms with Crippen LogP contribution < -0.4 is 5.73 Å². The molecular weight excluding hydrogens is 335 g/mol. The van der Waals surface area contributed by atoms with Crippen molar-refractivity contribution in [2.45, 2.75) is 18.9 Å². The first-order chi connectivity index (χ1) is 12.5. The maximum atomic E-state index is 13.1. The molecule has 0 aliphatic carbocycles. The van der Waals surface area contributed by atoms with Gasteiger partial charge in [-0.25, -0.2) is 9.37 Å². The van der Waals surface area contributed by atoms with Crippen molar-refractivity contribution in [1.29, 1.82) is 0 Å². The summed E-state index contributed by atoms with van der Waals surface area (Å²) in [6.45, 7) is 0.523. The number of halogens is 1. The van der Waals surface area contributed by atoms with Gasteiger partial charge in [-0.1, -0.05) is 0 Å². The molecule has 2 N–H and O–H groups in total. The minimum Gasteiger partial charge on any atom is -0.368 e. The van der Waals surface area contributed by atoms with Crippen LogP contribution in [-0.2, 0) is 4.79 Å². The van der Waals surface area contributed by atoms with E-state index >= 15 is 0 Å². The molecule has 1 saturated heterocycles. The Hall–Kier alpha value is -3.22. The first-order valence-corrected chi connectivity index (χ1v) is 8.38. The van der Waals surface area contributed by atoms with Crippen molar-refractivity contribution in [2.75, 3.05) is 6.54 Å². The van der Waals surface area contributed by atoms with E-state index in [2.05, 4.69) is 4.98 Å². The normalized spacial score (nSPS) is 17.0. The summed E-state index contributed by atoms with van der Waals surface area (Å²) in [5.74, 6) is -0.997. The summed E-state index contributed by atoms with van der Waals surface area (Å²) in [5, 5.41) is 0. The number of amides is 2. The monoisotopic (exact) mass is 352 g/mol. The Morgan fingerprint density at radius 3 is 2.62 bits per heavy atom. The van der Waals surface area contributed by atoms with Crippen LogP contribution >= 0.6 is 0 Å². The fourth-order valence-corrected chi connectivity index (χ4v) is 3.35. The third kappa shape index (κ3) is 2.81. The van der Waals surface area contributed by atoms with Gasteiger partial charge in [0.2, 0.25) is 5.91 Å². The van der Waals surface area contributed by atoms with E-state index in [-0.39, 0.29) is 11.7 Å². The predicted octanol–water partition coefficient (Wildman–Crippen LogP) is 2.23. The molecule has 26 heavy (non-hydrogen) atoms. The van der Waals surface area contributed by atoms with Gasteiger partial charge in [0.1, 0.15) is 17.5 Å². The molecule has 1 atom stereocenters. The van der Waals surface area contributed by atoms with Gasteiger partial charge < -0.3 is 15.0 Å². The van der Waals surface area contributed by atoms with Crippen LogP contribution in [0.5, 0.6) is 0 Å². The van der Waals surface area contributed by atoms with Crippen molar-refractivity contribution in [3.63, 3.8) is 0 Å². The fraction of sp³-hybridized carbons (Fsp3) is 0.211. The number of nitrogens with two attached hydrogens (primary N) is 1. The number of imidazole rings is 1. The summed E-state index contributed by atoms with van der Waals surface area (Å²) in [5.41, 5.74) is 8.01. The highest BCUT2D eigenvalue weighted by molar-refractivity contribution is 5.97. The number of rotatable bonds is 3. The van der Waals surface area contributed by atoms with E-state index in [1.54, 1.807) is 41.1 Å². The number of hydrogen-bond acceptors (Lipinski definition) is 3. The summed E-state index contributed by atoms with van der Waals surface area (Å²) in [7, 11) is 0. The van der Waals surface area contributed by atoms with Gasteiger partial charge in [0.25, 0.3) is 5.91 Å². The van der Waals surface area contributed by atoms with Crippen LogP contribution in [0.1, 0.15) is 23.2 Å². The number of benzene rings is 1. The minimum atomic E-state index is -0.546. The van der Waals surface area contributed by atoms with Gasteiger partial charge in [-0.2, -0.15) is 0 Å². The van der Waals surface area contributed by atoms with Crippen molar-refractivity contribution >= 4 is 17.5 Å². The van der Waals surface area contributed by atoms with Crippen molar-refractivity contribution in [3.05, 3.63) is 60.2 Å². The Kier molecular flexibility index (Phi) is 3.91. The highest BCUT2D eigenvalue weighted by Gasteiger charge is 2.33. The van der Waals surface area contributed by atoms with E-state index in [0.717, 1.165) is 12.0 Å². The second-order valence-electron chi connectivity index (χ2n) is 6.38. The Labute approximate surface area is 149 Å². The predicted molar refractivity (Wildman–Crippen MR) is 93.8 cm³/mol. The molecule has 0 bridgehead atoms. The number of hydrogen-bond donors (Lipinski definition) is 1. The van der Waals surface area contributed by atoms with Crippen LogP contribution in [-0.4, -0.2) is 38.7 Å². The summed E-state index contributed by atoms with van der Waals surface area (Å²) in [6.07, 6.45) is 4.84. The zero-order chi connectivity index (χ0) is 18.3. The van der Waals surface area contributed by atoms with Crippen molar-refractivity contribution in [2.24, 2.45) is 5.73 Å². The molecule has 2 aromatic heterocycles. The van der Waals surface area contributed by atoms with Crippen molar-refractivity contribution in [3.8, 4) is 11.3 Å². The standard InChI is InChI=1S/C19H17FN4O2/c20-14-6-3-12(4-7-14)15-11-23-10-13(5-8-17(23)22-15)19(26)24-9-1-2-16(24)18(21)25/h3-8,10-11,16H,1-2,9H2,(H2,21,25)/t16-/m0/s1. The zero-order valence-electron chi connectivity index (χ0n) is 13.9. The molecule has 3 aromatic rings. The lowest BCUT2D eigenvalue weighted by atomic mass is 10.2. The molecule has 7 heteroatoms. The molecule has 2 amide bonds. The SMILES string of the molecule is NC(=O)[C@@H]1CCCN1C(=O)c1ccc2nc(-c3ccc(F)cc3)cn2c1. The largest absolute Gasteiger partial charge is 0.368 e. The van der Waals surface area contributed by atoms with E-state index < -0.39 is 11.9 Å². The van der Waals surface area contributed by atoms with Gasteiger partial charge in [-0.3, -0.25) is 9.59 Å². The van der Waals surface area contributed by atoms with E-state index in [1.807, 2.05) is 0 Å². The Morgan fingerprint density at radius 1 is 1.12 bits per heavy atom. The van der Waals surface area contributed by atoms with Crippen LogP contribution in [0.3, 0.4) is 0 Å². The maximum absolute atomic E-state index is 13.1. The number of primary amides is 1. The summed E-state index contributed by atoms with van der Waals surface area (Å²) < 4.78 is 14.8. The molecule has 132 valence electrons. The molecule has 0 saturated carbocycles. The highest BCUT2D eigenvalue weighted by Crippen LogP contribution is 2.22. The van der Waals surface area contributed by atoms with Crippen LogP contribution in [0, 0.1) is 5.82 Å². The van der Waals surface area contributed by atoms with Crippen LogP contribution in [0.4, 0.5) is 4.39 Å². The summed E-state index contributed by atoms with van der Waals surface area (Å²) in [6, 6.07) is 8.97. The van der Waals surface area contributed by atoms with E-state index in [1.165, 1.54) is 17.0 Å². The molecule has 4 rings (SSSR count). The lowest BCUT2D eigenvalue weighted by Crippen LogP contribution is -2.43. The highest BCUT2D eigenvalue weighted by atomic mass is 19.1. The first kappa shape index (κ1) is 16.3. The Bertz CT molecular complexity index is 996. The summed E-state index contributed by atoms with van der Waals surface area (Å²) >= 11 is 0. The van der Waals surface area contributed by atoms with Crippen LogP contribution in [0.25, 0.3) is 16.9 Å². The lowest BCUT2D eigenvalue weighted by Gasteiger charge is -2.22. The molecule has 1 aliphatic heterocycles. The second-order valence-corrected chi connectivity index (χ2v) is 6.38. The number of aromatic nitrogens is 2. The van der Waals surface area contributed by atoms with Crippen LogP contribution in [0.15, 0.2) is 48.8 Å². The Balaban J connectivity index is 1.66. The lowest BCUT2D eigenvalue weighted by molar-refractivity contribution is -0.121. The van der Waals surface area contributed by atoms with Gasteiger partial charge >= 0.3 is 0 Å². The zero-order valence-corrected chi connectivity index (χ0v) is 13.9. The third-order valence-electron chi connectivity index (χ3n) is 4.68. The molecule has 6 nitrogen and oxygen atoms in total. The van der Waals surface area contributed by atoms with Crippen LogP contribution in [0.2, 0.25) is 0 Å². The molecule has 0 unspecified atom stereocenters. The molecule has 1 fully saturated rings. The topological polar surface area (TPSA) is 80.7 Å². The maximum Gasteiger partial charge on any atom is 0.256 e. The van der Waals surface area contributed by atoms with Gasteiger partial charge in [-0.15, -0.1) is 0 Å². The molecule has 3 heterocycles. The van der Waals surface area contributed by atoms with E-state index in [9.17, 15) is 14.0 Å². The molecule has 1 aliphatic rings. The van der Waals surface area contributed by atoms with Gasteiger partial charge in [-0.05, 0) is 49.2 Å². The second kappa shape index (κ2) is 6.25. The number of carbonyl (C=O) groups excluding carboxylic acids is 2. The minimum absolute atomic E-state index is 0.217. The van der Waals surface area contributed by atoms with E-state index in [4.69, 9.17) is 5.73 Å². The Morgan fingerprint density at radius 2 is 1.88 bits per heavy atom. The summed E-state index contributed by atoms with van der Waals surface area (Å²) in [4.78, 5) is 30.3.